The van der Waals surface area contributed by atoms with E-state index in [1.54, 1.807) is 31.4 Å². The van der Waals surface area contributed by atoms with Crippen molar-refractivity contribution in [3.05, 3.63) is 58.6 Å². The van der Waals surface area contributed by atoms with E-state index in [2.05, 4.69) is 16.3 Å². The first-order valence-electron chi connectivity index (χ1n) is 6.99. The van der Waals surface area contributed by atoms with E-state index in [1.807, 2.05) is 18.2 Å². The molecule has 0 atom stereocenters. The van der Waals surface area contributed by atoms with Gasteiger partial charge in [-0.2, -0.15) is 5.26 Å². The predicted molar refractivity (Wildman–Crippen MR) is 92.0 cm³/mol. The monoisotopic (exact) mass is 357 g/mol. The molecule has 0 aliphatic carbocycles. The summed E-state index contributed by atoms with van der Waals surface area (Å²) in [6.45, 7) is 0. The SMILES string of the molecule is COc1ccc(Cl)cc1-c1nnc(SCc2ccccc2C#N)o1. The van der Waals surface area contributed by atoms with Gasteiger partial charge in [-0.15, -0.1) is 10.2 Å². The Hall–Kier alpha value is -2.49. The molecule has 0 fully saturated rings. The van der Waals surface area contributed by atoms with Crippen molar-refractivity contribution in [1.82, 2.24) is 10.2 Å². The van der Waals surface area contributed by atoms with Crippen molar-refractivity contribution in [3.8, 4) is 23.3 Å². The van der Waals surface area contributed by atoms with Gasteiger partial charge in [-0.25, -0.2) is 0 Å². The molecule has 0 aliphatic heterocycles. The van der Waals surface area contributed by atoms with Gasteiger partial charge in [0.1, 0.15) is 5.75 Å². The van der Waals surface area contributed by atoms with Crippen LogP contribution in [0, 0.1) is 11.3 Å². The zero-order valence-corrected chi connectivity index (χ0v) is 14.3. The van der Waals surface area contributed by atoms with Crippen molar-refractivity contribution in [3.63, 3.8) is 0 Å². The van der Waals surface area contributed by atoms with Crippen molar-refractivity contribution in [2.24, 2.45) is 0 Å². The molecular weight excluding hydrogens is 346 g/mol. The quantitative estimate of drug-likeness (QED) is 0.623. The first kappa shape index (κ1) is 16.4. The highest BCUT2D eigenvalue weighted by Gasteiger charge is 2.15. The standard InChI is InChI=1S/C17H12ClN3O2S/c1-22-15-7-6-13(18)8-14(15)16-20-21-17(23-16)24-10-12-5-3-2-4-11(12)9-19/h2-8H,10H2,1H3. The fourth-order valence-electron chi connectivity index (χ4n) is 2.12. The van der Waals surface area contributed by atoms with Crippen LogP contribution in [0.1, 0.15) is 11.1 Å². The molecule has 2 aromatic carbocycles. The minimum absolute atomic E-state index is 0.338. The zero-order valence-electron chi connectivity index (χ0n) is 12.7. The van der Waals surface area contributed by atoms with E-state index in [0.29, 0.717) is 38.8 Å². The van der Waals surface area contributed by atoms with E-state index in [0.717, 1.165) is 5.56 Å². The number of thioether (sulfide) groups is 1. The van der Waals surface area contributed by atoms with Gasteiger partial charge in [0.2, 0.25) is 0 Å². The number of nitriles is 1. The summed E-state index contributed by atoms with van der Waals surface area (Å²) >= 11 is 7.39. The Morgan fingerprint density at radius 2 is 2.08 bits per heavy atom. The van der Waals surface area contributed by atoms with E-state index in [9.17, 15) is 0 Å². The third-order valence-electron chi connectivity index (χ3n) is 3.29. The third-order valence-corrected chi connectivity index (χ3v) is 4.39. The second-order valence-electron chi connectivity index (χ2n) is 4.78. The second-order valence-corrected chi connectivity index (χ2v) is 6.14. The van der Waals surface area contributed by atoms with Crippen LogP contribution in [0.15, 0.2) is 52.1 Å². The number of halogens is 1. The molecule has 3 aromatic rings. The maximum Gasteiger partial charge on any atom is 0.277 e. The number of methoxy groups -OCH3 is 1. The second kappa shape index (κ2) is 7.39. The highest BCUT2D eigenvalue weighted by Crippen LogP contribution is 2.33. The fraction of sp³-hybridized carbons (Fsp3) is 0.118. The van der Waals surface area contributed by atoms with Crippen molar-refractivity contribution < 1.29 is 9.15 Å². The lowest BCUT2D eigenvalue weighted by Gasteiger charge is -2.04. The normalized spacial score (nSPS) is 10.4. The Balaban J connectivity index is 1.79. The van der Waals surface area contributed by atoms with Crippen LogP contribution in [0.3, 0.4) is 0 Å². The van der Waals surface area contributed by atoms with Gasteiger partial charge in [0, 0.05) is 10.8 Å². The van der Waals surface area contributed by atoms with Crippen LogP contribution in [0.2, 0.25) is 5.02 Å². The Bertz CT molecular complexity index is 905. The van der Waals surface area contributed by atoms with Gasteiger partial charge in [0.05, 0.1) is 24.3 Å². The Morgan fingerprint density at radius 1 is 1.25 bits per heavy atom. The minimum Gasteiger partial charge on any atom is -0.496 e. The molecule has 0 saturated carbocycles. The highest BCUT2D eigenvalue weighted by atomic mass is 35.5. The molecule has 24 heavy (non-hydrogen) atoms. The zero-order chi connectivity index (χ0) is 16.9. The molecule has 0 radical (unpaired) electrons. The van der Waals surface area contributed by atoms with E-state index < -0.39 is 0 Å². The van der Waals surface area contributed by atoms with Crippen LogP contribution >= 0.6 is 23.4 Å². The number of rotatable bonds is 5. The van der Waals surface area contributed by atoms with Gasteiger partial charge >= 0.3 is 0 Å². The van der Waals surface area contributed by atoms with Crippen molar-refractivity contribution in [2.75, 3.05) is 7.11 Å². The molecule has 0 aliphatic rings. The summed E-state index contributed by atoms with van der Waals surface area (Å²) in [7, 11) is 1.57. The smallest absolute Gasteiger partial charge is 0.277 e. The van der Waals surface area contributed by atoms with Crippen LogP contribution in [0.25, 0.3) is 11.5 Å². The molecule has 0 bridgehead atoms. The summed E-state index contributed by atoms with van der Waals surface area (Å²) in [4.78, 5) is 0. The predicted octanol–water partition coefficient (Wildman–Crippen LogP) is 4.56. The molecule has 1 heterocycles. The molecule has 0 saturated heterocycles. The first-order chi connectivity index (χ1) is 11.7. The molecule has 7 heteroatoms. The van der Waals surface area contributed by atoms with Gasteiger partial charge in [-0.05, 0) is 29.8 Å². The van der Waals surface area contributed by atoms with Crippen LogP contribution < -0.4 is 4.74 Å². The summed E-state index contributed by atoms with van der Waals surface area (Å²) in [5.41, 5.74) is 2.20. The summed E-state index contributed by atoms with van der Waals surface area (Å²) in [5.74, 6) is 1.51. The average Bonchev–Trinajstić information content (AvgIpc) is 3.09. The molecule has 0 unspecified atom stereocenters. The summed E-state index contributed by atoms with van der Waals surface area (Å²) in [6.07, 6.45) is 0. The summed E-state index contributed by atoms with van der Waals surface area (Å²) in [5, 5.41) is 18.2. The molecule has 0 N–H and O–H groups in total. The van der Waals surface area contributed by atoms with E-state index in [-0.39, 0.29) is 0 Å². The Morgan fingerprint density at radius 3 is 2.88 bits per heavy atom. The molecule has 0 amide bonds. The van der Waals surface area contributed by atoms with Crippen LogP contribution in [0.5, 0.6) is 5.75 Å². The molecule has 120 valence electrons. The van der Waals surface area contributed by atoms with E-state index >= 15 is 0 Å². The van der Waals surface area contributed by atoms with Gasteiger partial charge in [-0.1, -0.05) is 41.6 Å². The Kier molecular flexibility index (Phi) is 5.04. The number of benzene rings is 2. The molecule has 0 spiro atoms. The van der Waals surface area contributed by atoms with E-state index in [1.165, 1.54) is 11.8 Å². The first-order valence-corrected chi connectivity index (χ1v) is 8.36. The maximum absolute atomic E-state index is 9.12. The van der Waals surface area contributed by atoms with Gasteiger partial charge < -0.3 is 9.15 Å². The summed E-state index contributed by atoms with van der Waals surface area (Å²) < 4.78 is 11.0. The molecule has 1 aromatic heterocycles. The molecule has 5 nitrogen and oxygen atoms in total. The van der Waals surface area contributed by atoms with Crippen molar-refractivity contribution in [2.45, 2.75) is 11.0 Å². The van der Waals surface area contributed by atoms with Crippen LogP contribution in [-0.4, -0.2) is 17.3 Å². The number of ether oxygens (including phenoxy) is 1. The van der Waals surface area contributed by atoms with Crippen LogP contribution in [0.4, 0.5) is 0 Å². The third kappa shape index (κ3) is 3.53. The lowest BCUT2D eigenvalue weighted by molar-refractivity contribution is 0.411. The largest absolute Gasteiger partial charge is 0.496 e. The molecular formula is C17H12ClN3O2S. The highest BCUT2D eigenvalue weighted by molar-refractivity contribution is 7.98. The fourth-order valence-corrected chi connectivity index (χ4v) is 3.06. The maximum atomic E-state index is 9.12. The lowest BCUT2D eigenvalue weighted by Crippen LogP contribution is -1.87. The number of nitrogens with zero attached hydrogens (tertiary/aromatic N) is 3. The molecule has 3 rings (SSSR count). The van der Waals surface area contributed by atoms with Crippen LogP contribution in [-0.2, 0) is 5.75 Å². The van der Waals surface area contributed by atoms with E-state index in [4.69, 9.17) is 26.0 Å². The number of hydrogen-bond acceptors (Lipinski definition) is 6. The van der Waals surface area contributed by atoms with Gasteiger partial charge in [-0.3, -0.25) is 0 Å². The minimum atomic E-state index is 0.338. The average molecular weight is 358 g/mol. The van der Waals surface area contributed by atoms with Gasteiger partial charge in [0.15, 0.2) is 0 Å². The summed E-state index contributed by atoms with van der Waals surface area (Å²) in [6, 6.07) is 14.8. The number of aromatic nitrogens is 2. The van der Waals surface area contributed by atoms with Crippen molar-refractivity contribution >= 4 is 23.4 Å². The topological polar surface area (TPSA) is 71.9 Å². The Labute approximate surface area is 148 Å². The number of hydrogen-bond donors (Lipinski definition) is 0. The van der Waals surface area contributed by atoms with Gasteiger partial charge in [0.25, 0.3) is 11.1 Å². The van der Waals surface area contributed by atoms with Crippen molar-refractivity contribution in [1.29, 1.82) is 5.26 Å². The lowest BCUT2D eigenvalue weighted by atomic mass is 10.1.